The third-order valence-electron chi connectivity index (χ3n) is 3.96. The molecule has 0 aromatic carbocycles. The summed E-state index contributed by atoms with van der Waals surface area (Å²) >= 11 is 5.35. The summed E-state index contributed by atoms with van der Waals surface area (Å²) in [5.74, 6) is 1.54. The van der Waals surface area contributed by atoms with Gasteiger partial charge in [-0.1, -0.05) is 39.5 Å². The summed E-state index contributed by atoms with van der Waals surface area (Å²) in [6.07, 6.45) is 10.5. The molecule has 0 radical (unpaired) electrons. The van der Waals surface area contributed by atoms with Crippen molar-refractivity contribution in [3.8, 4) is 0 Å². The molecule has 1 aromatic rings. The molecule has 17 heavy (non-hydrogen) atoms. The molecular weight excluding hydrogens is 228 g/mol. The van der Waals surface area contributed by atoms with Gasteiger partial charge in [-0.05, 0) is 36.9 Å². The van der Waals surface area contributed by atoms with Gasteiger partial charge in [0.05, 0.1) is 0 Å². The smallest absolute Gasteiger partial charge is 0.177 e. The molecule has 3 heteroatoms. The molecule has 0 spiro atoms. The summed E-state index contributed by atoms with van der Waals surface area (Å²) in [4.78, 5) is 3.17. The Kier molecular flexibility index (Phi) is 4.43. The van der Waals surface area contributed by atoms with E-state index < -0.39 is 0 Å². The quantitative estimate of drug-likeness (QED) is 0.757. The van der Waals surface area contributed by atoms with Crippen LogP contribution >= 0.6 is 12.2 Å². The minimum Gasteiger partial charge on any atom is -0.337 e. The molecule has 1 heterocycles. The van der Waals surface area contributed by atoms with Crippen LogP contribution in [0.5, 0.6) is 0 Å². The van der Waals surface area contributed by atoms with Gasteiger partial charge in [0.2, 0.25) is 0 Å². The van der Waals surface area contributed by atoms with Gasteiger partial charge >= 0.3 is 0 Å². The van der Waals surface area contributed by atoms with E-state index in [1.807, 2.05) is 0 Å². The molecule has 1 saturated carbocycles. The maximum atomic E-state index is 5.35. The van der Waals surface area contributed by atoms with Crippen LogP contribution in [-0.2, 0) is 6.54 Å². The summed E-state index contributed by atoms with van der Waals surface area (Å²) in [6, 6.07) is 0. The SMILES string of the molecule is CC(C)c1c[nH]c(=S)n1CCCC1CCCC1. The summed E-state index contributed by atoms with van der Waals surface area (Å²) in [7, 11) is 0. The second kappa shape index (κ2) is 5.85. The summed E-state index contributed by atoms with van der Waals surface area (Å²) < 4.78 is 3.18. The Morgan fingerprint density at radius 3 is 2.76 bits per heavy atom. The highest BCUT2D eigenvalue weighted by Crippen LogP contribution is 2.28. The second-order valence-electron chi connectivity index (χ2n) is 5.62. The van der Waals surface area contributed by atoms with Crippen molar-refractivity contribution in [3.05, 3.63) is 16.7 Å². The van der Waals surface area contributed by atoms with Crippen molar-refractivity contribution in [1.29, 1.82) is 0 Å². The number of aromatic amines is 1. The molecule has 2 nitrogen and oxygen atoms in total. The standard InChI is InChI=1S/C14H24N2S/c1-11(2)13-10-15-14(17)16(13)9-5-8-12-6-3-4-7-12/h10-12H,3-9H2,1-2H3,(H,15,17). The molecule has 0 unspecified atom stereocenters. The van der Waals surface area contributed by atoms with Crippen LogP contribution in [0.15, 0.2) is 6.20 Å². The molecule has 2 rings (SSSR count). The van der Waals surface area contributed by atoms with Crippen LogP contribution in [0.25, 0.3) is 0 Å². The van der Waals surface area contributed by atoms with Crippen molar-refractivity contribution < 1.29 is 0 Å². The van der Waals surface area contributed by atoms with E-state index in [2.05, 4.69) is 29.6 Å². The first-order valence-electron chi connectivity index (χ1n) is 6.96. The highest BCUT2D eigenvalue weighted by molar-refractivity contribution is 7.71. The third kappa shape index (κ3) is 3.21. The lowest BCUT2D eigenvalue weighted by molar-refractivity contribution is 0.452. The summed E-state index contributed by atoms with van der Waals surface area (Å²) in [5.41, 5.74) is 1.35. The average molecular weight is 252 g/mol. The van der Waals surface area contributed by atoms with E-state index in [9.17, 15) is 0 Å². The van der Waals surface area contributed by atoms with Gasteiger partial charge < -0.3 is 9.55 Å². The number of hydrogen-bond donors (Lipinski definition) is 1. The van der Waals surface area contributed by atoms with Gasteiger partial charge in [-0.25, -0.2) is 0 Å². The zero-order chi connectivity index (χ0) is 12.3. The first kappa shape index (κ1) is 12.9. The largest absolute Gasteiger partial charge is 0.337 e. The van der Waals surface area contributed by atoms with Gasteiger partial charge in [0.25, 0.3) is 0 Å². The molecular formula is C14H24N2S. The fourth-order valence-corrected chi connectivity index (χ4v) is 3.21. The van der Waals surface area contributed by atoms with Crippen LogP contribution in [-0.4, -0.2) is 9.55 Å². The molecule has 1 N–H and O–H groups in total. The van der Waals surface area contributed by atoms with Gasteiger partial charge in [0, 0.05) is 18.4 Å². The van der Waals surface area contributed by atoms with Crippen molar-refractivity contribution in [2.24, 2.45) is 5.92 Å². The number of nitrogens with one attached hydrogen (secondary N) is 1. The van der Waals surface area contributed by atoms with E-state index in [1.165, 1.54) is 44.2 Å². The molecule has 1 aliphatic rings. The number of hydrogen-bond acceptors (Lipinski definition) is 1. The fourth-order valence-electron chi connectivity index (χ4n) is 2.95. The molecule has 1 aliphatic carbocycles. The fraction of sp³-hybridized carbons (Fsp3) is 0.786. The van der Waals surface area contributed by atoms with Crippen molar-refractivity contribution in [2.75, 3.05) is 0 Å². The molecule has 96 valence electrons. The summed E-state index contributed by atoms with van der Waals surface area (Å²) in [5, 5.41) is 0. The van der Waals surface area contributed by atoms with Crippen molar-refractivity contribution in [3.63, 3.8) is 0 Å². The topological polar surface area (TPSA) is 20.7 Å². The van der Waals surface area contributed by atoms with Gasteiger partial charge in [0.15, 0.2) is 4.77 Å². The monoisotopic (exact) mass is 252 g/mol. The Labute approximate surface area is 109 Å². The van der Waals surface area contributed by atoms with Gasteiger partial charge in [-0.3, -0.25) is 0 Å². The van der Waals surface area contributed by atoms with Crippen LogP contribution in [0.1, 0.15) is 64.0 Å². The van der Waals surface area contributed by atoms with Crippen LogP contribution in [0.4, 0.5) is 0 Å². The molecule has 0 bridgehead atoms. The predicted octanol–water partition coefficient (Wildman–Crippen LogP) is 4.64. The lowest BCUT2D eigenvalue weighted by Gasteiger charge is -2.12. The number of rotatable bonds is 5. The lowest BCUT2D eigenvalue weighted by atomic mass is 10.0. The number of imidazole rings is 1. The number of nitrogens with zero attached hydrogens (tertiary/aromatic N) is 1. The van der Waals surface area contributed by atoms with E-state index in [4.69, 9.17) is 12.2 Å². The molecule has 0 aliphatic heterocycles. The van der Waals surface area contributed by atoms with E-state index in [-0.39, 0.29) is 0 Å². The first-order chi connectivity index (χ1) is 8.18. The minimum absolute atomic E-state index is 0.550. The van der Waals surface area contributed by atoms with Crippen LogP contribution in [0.3, 0.4) is 0 Å². The van der Waals surface area contributed by atoms with E-state index in [0.29, 0.717) is 5.92 Å². The Balaban J connectivity index is 1.89. The predicted molar refractivity (Wildman–Crippen MR) is 74.9 cm³/mol. The summed E-state index contributed by atoms with van der Waals surface area (Å²) in [6.45, 7) is 5.54. The van der Waals surface area contributed by atoms with E-state index >= 15 is 0 Å². The molecule has 1 fully saturated rings. The Morgan fingerprint density at radius 2 is 2.12 bits per heavy atom. The van der Waals surface area contributed by atoms with Crippen molar-refractivity contribution >= 4 is 12.2 Å². The van der Waals surface area contributed by atoms with E-state index in [1.54, 1.807) is 0 Å². The Bertz CT molecular complexity index is 397. The lowest BCUT2D eigenvalue weighted by Crippen LogP contribution is -2.06. The van der Waals surface area contributed by atoms with Crippen LogP contribution in [0.2, 0.25) is 0 Å². The third-order valence-corrected chi connectivity index (χ3v) is 4.30. The minimum atomic E-state index is 0.550. The average Bonchev–Trinajstić information content (AvgIpc) is 2.89. The van der Waals surface area contributed by atoms with Crippen molar-refractivity contribution in [2.45, 2.75) is 64.8 Å². The van der Waals surface area contributed by atoms with E-state index in [0.717, 1.165) is 17.2 Å². The molecule has 0 atom stereocenters. The van der Waals surface area contributed by atoms with Gasteiger partial charge in [-0.2, -0.15) is 0 Å². The highest BCUT2D eigenvalue weighted by Gasteiger charge is 2.15. The number of aromatic nitrogens is 2. The maximum absolute atomic E-state index is 5.35. The maximum Gasteiger partial charge on any atom is 0.177 e. The first-order valence-corrected chi connectivity index (χ1v) is 7.37. The van der Waals surface area contributed by atoms with Crippen LogP contribution < -0.4 is 0 Å². The van der Waals surface area contributed by atoms with Crippen molar-refractivity contribution in [1.82, 2.24) is 9.55 Å². The Hall–Kier alpha value is -0.570. The zero-order valence-corrected chi connectivity index (χ0v) is 11.9. The molecule has 1 aromatic heterocycles. The molecule has 0 amide bonds. The number of H-pyrrole nitrogens is 1. The zero-order valence-electron chi connectivity index (χ0n) is 11.0. The Morgan fingerprint density at radius 1 is 1.41 bits per heavy atom. The van der Waals surface area contributed by atoms with Gasteiger partial charge in [-0.15, -0.1) is 0 Å². The van der Waals surface area contributed by atoms with Gasteiger partial charge in [0.1, 0.15) is 0 Å². The highest BCUT2D eigenvalue weighted by atomic mass is 32.1. The second-order valence-corrected chi connectivity index (χ2v) is 6.00. The van der Waals surface area contributed by atoms with Crippen LogP contribution in [0, 0.1) is 10.7 Å². The normalized spacial score (nSPS) is 17.1. The molecule has 0 saturated heterocycles.